The Bertz CT molecular complexity index is 977. The van der Waals surface area contributed by atoms with E-state index in [1.54, 1.807) is 50.6 Å². The SMILES string of the molecule is COc1ccc(OC)c(CNC(=O)c2cc3ccccc3oc2=O)c1. The molecule has 6 heteroatoms. The van der Waals surface area contributed by atoms with Crippen LogP contribution in [0.5, 0.6) is 11.5 Å². The normalized spacial score (nSPS) is 10.5. The van der Waals surface area contributed by atoms with Crippen molar-refractivity contribution in [3.8, 4) is 11.5 Å². The topological polar surface area (TPSA) is 77.8 Å². The zero-order valence-corrected chi connectivity index (χ0v) is 13.9. The molecule has 0 fully saturated rings. The number of carbonyl (C=O) groups is 1. The minimum Gasteiger partial charge on any atom is -0.497 e. The van der Waals surface area contributed by atoms with E-state index < -0.39 is 11.5 Å². The molecule has 0 bridgehead atoms. The van der Waals surface area contributed by atoms with Crippen molar-refractivity contribution in [1.29, 1.82) is 0 Å². The van der Waals surface area contributed by atoms with Gasteiger partial charge in [0.15, 0.2) is 0 Å². The maximum absolute atomic E-state index is 12.4. The van der Waals surface area contributed by atoms with Gasteiger partial charge < -0.3 is 19.2 Å². The van der Waals surface area contributed by atoms with Crippen molar-refractivity contribution >= 4 is 16.9 Å². The van der Waals surface area contributed by atoms with Gasteiger partial charge in [-0.1, -0.05) is 18.2 Å². The van der Waals surface area contributed by atoms with Gasteiger partial charge in [-0.15, -0.1) is 0 Å². The molecule has 25 heavy (non-hydrogen) atoms. The van der Waals surface area contributed by atoms with Crippen molar-refractivity contribution in [2.24, 2.45) is 0 Å². The Morgan fingerprint density at radius 2 is 1.88 bits per heavy atom. The average Bonchev–Trinajstić information content (AvgIpc) is 2.65. The van der Waals surface area contributed by atoms with E-state index in [0.29, 0.717) is 22.5 Å². The first-order valence-corrected chi connectivity index (χ1v) is 7.64. The Morgan fingerprint density at radius 1 is 1.08 bits per heavy atom. The molecule has 1 amide bonds. The summed E-state index contributed by atoms with van der Waals surface area (Å²) in [5, 5.41) is 3.40. The molecule has 3 rings (SSSR count). The molecule has 0 radical (unpaired) electrons. The van der Waals surface area contributed by atoms with E-state index in [-0.39, 0.29) is 12.1 Å². The van der Waals surface area contributed by atoms with Gasteiger partial charge in [0.2, 0.25) is 0 Å². The Labute approximate surface area is 144 Å². The summed E-state index contributed by atoms with van der Waals surface area (Å²) in [5.74, 6) is 0.756. The van der Waals surface area contributed by atoms with E-state index >= 15 is 0 Å². The second-order valence-electron chi connectivity index (χ2n) is 5.35. The predicted octanol–water partition coefficient (Wildman–Crippen LogP) is 2.74. The summed E-state index contributed by atoms with van der Waals surface area (Å²) < 4.78 is 15.6. The molecule has 0 saturated carbocycles. The van der Waals surface area contributed by atoms with Gasteiger partial charge in [0.1, 0.15) is 22.6 Å². The number of amides is 1. The Kier molecular flexibility index (Phi) is 4.70. The third kappa shape index (κ3) is 3.47. The molecule has 0 aliphatic carbocycles. The van der Waals surface area contributed by atoms with Crippen LogP contribution < -0.4 is 20.4 Å². The fraction of sp³-hybridized carbons (Fsp3) is 0.158. The van der Waals surface area contributed by atoms with Crippen LogP contribution in [0, 0.1) is 0 Å². The van der Waals surface area contributed by atoms with Crippen molar-refractivity contribution in [3.05, 3.63) is 70.1 Å². The minimum absolute atomic E-state index is 0.0411. The number of hydrogen-bond donors (Lipinski definition) is 1. The average molecular weight is 339 g/mol. The highest BCUT2D eigenvalue weighted by Crippen LogP contribution is 2.23. The van der Waals surface area contributed by atoms with Gasteiger partial charge >= 0.3 is 5.63 Å². The van der Waals surface area contributed by atoms with E-state index in [4.69, 9.17) is 13.9 Å². The van der Waals surface area contributed by atoms with Gasteiger partial charge in [-0.3, -0.25) is 4.79 Å². The Hall–Kier alpha value is -3.28. The molecular formula is C19H17NO5. The zero-order valence-electron chi connectivity index (χ0n) is 13.9. The molecular weight excluding hydrogens is 322 g/mol. The lowest BCUT2D eigenvalue weighted by atomic mass is 10.1. The van der Waals surface area contributed by atoms with E-state index in [1.807, 2.05) is 6.07 Å². The molecule has 6 nitrogen and oxygen atoms in total. The lowest BCUT2D eigenvalue weighted by Crippen LogP contribution is -2.28. The van der Waals surface area contributed by atoms with Crippen molar-refractivity contribution in [3.63, 3.8) is 0 Å². The lowest BCUT2D eigenvalue weighted by molar-refractivity contribution is 0.0947. The first kappa shape index (κ1) is 16.6. The number of para-hydroxylation sites is 1. The third-order valence-corrected chi connectivity index (χ3v) is 3.81. The van der Waals surface area contributed by atoms with Crippen molar-refractivity contribution in [2.45, 2.75) is 6.54 Å². The van der Waals surface area contributed by atoms with Gasteiger partial charge in [-0.2, -0.15) is 0 Å². The summed E-state index contributed by atoms with van der Waals surface area (Å²) in [4.78, 5) is 24.4. The zero-order chi connectivity index (χ0) is 17.8. The molecule has 0 atom stereocenters. The molecule has 1 heterocycles. The van der Waals surface area contributed by atoms with E-state index in [2.05, 4.69) is 5.32 Å². The number of fused-ring (bicyclic) bond motifs is 1. The largest absolute Gasteiger partial charge is 0.497 e. The van der Waals surface area contributed by atoms with Crippen LogP contribution in [0.3, 0.4) is 0 Å². The number of nitrogens with one attached hydrogen (secondary N) is 1. The molecule has 1 aromatic heterocycles. The van der Waals surface area contributed by atoms with Gasteiger partial charge in [0.25, 0.3) is 5.91 Å². The number of rotatable bonds is 5. The molecule has 2 aromatic carbocycles. The van der Waals surface area contributed by atoms with Crippen LogP contribution in [0.25, 0.3) is 11.0 Å². The summed E-state index contributed by atoms with van der Waals surface area (Å²) in [6.07, 6.45) is 0. The molecule has 0 saturated heterocycles. The number of ether oxygens (including phenoxy) is 2. The van der Waals surface area contributed by atoms with Gasteiger partial charge in [-0.05, 0) is 30.3 Å². The first-order valence-electron chi connectivity index (χ1n) is 7.64. The molecule has 128 valence electrons. The van der Waals surface area contributed by atoms with E-state index in [0.717, 1.165) is 5.56 Å². The van der Waals surface area contributed by atoms with Gasteiger partial charge in [0.05, 0.1) is 14.2 Å². The smallest absolute Gasteiger partial charge is 0.349 e. The van der Waals surface area contributed by atoms with Crippen LogP contribution in [-0.4, -0.2) is 20.1 Å². The lowest BCUT2D eigenvalue weighted by Gasteiger charge is -2.11. The second kappa shape index (κ2) is 7.09. The summed E-state index contributed by atoms with van der Waals surface area (Å²) >= 11 is 0. The Balaban J connectivity index is 1.84. The highest BCUT2D eigenvalue weighted by molar-refractivity contribution is 5.96. The van der Waals surface area contributed by atoms with Crippen LogP contribution in [0.15, 0.2) is 57.7 Å². The second-order valence-corrected chi connectivity index (χ2v) is 5.35. The monoisotopic (exact) mass is 339 g/mol. The van der Waals surface area contributed by atoms with Crippen molar-refractivity contribution < 1.29 is 18.7 Å². The standard InChI is InChI=1S/C19H17NO5/c1-23-14-7-8-16(24-2)13(9-14)11-20-18(21)15-10-12-5-3-4-6-17(12)25-19(15)22/h3-10H,11H2,1-2H3,(H,20,21). The highest BCUT2D eigenvalue weighted by atomic mass is 16.5. The number of carbonyl (C=O) groups excluding carboxylic acids is 1. The molecule has 0 unspecified atom stereocenters. The molecule has 1 N–H and O–H groups in total. The first-order chi connectivity index (χ1) is 12.1. The van der Waals surface area contributed by atoms with Crippen LogP contribution in [0.2, 0.25) is 0 Å². The number of benzene rings is 2. The minimum atomic E-state index is -0.672. The van der Waals surface area contributed by atoms with Gasteiger partial charge in [0, 0.05) is 17.5 Å². The summed E-state index contributed by atoms with van der Waals surface area (Å²) in [5.41, 5.74) is 0.466. The van der Waals surface area contributed by atoms with Crippen molar-refractivity contribution in [1.82, 2.24) is 5.32 Å². The third-order valence-electron chi connectivity index (χ3n) is 3.81. The molecule has 0 aliphatic heterocycles. The fourth-order valence-corrected chi connectivity index (χ4v) is 2.51. The summed E-state index contributed by atoms with van der Waals surface area (Å²) in [6.45, 7) is 0.186. The summed E-state index contributed by atoms with van der Waals surface area (Å²) in [7, 11) is 3.11. The van der Waals surface area contributed by atoms with E-state index in [1.165, 1.54) is 6.07 Å². The van der Waals surface area contributed by atoms with Crippen LogP contribution in [0.4, 0.5) is 0 Å². The van der Waals surface area contributed by atoms with Crippen LogP contribution >= 0.6 is 0 Å². The van der Waals surface area contributed by atoms with Gasteiger partial charge in [-0.25, -0.2) is 4.79 Å². The fourth-order valence-electron chi connectivity index (χ4n) is 2.51. The maximum atomic E-state index is 12.4. The molecule has 0 spiro atoms. The molecule has 0 aliphatic rings. The summed E-state index contributed by atoms with van der Waals surface area (Å²) in [6, 6.07) is 13.8. The Morgan fingerprint density at radius 3 is 2.64 bits per heavy atom. The number of methoxy groups -OCH3 is 2. The van der Waals surface area contributed by atoms with Crippen LogP contribution in [-0.2, 0) is 6.54 Å². The highest BCUT2D eigenvalue weighted by Gasteiger charge is 2.14. The predicted molar refractivity (Wildman–Crippen MR) is 93.2 cm³/mol. The number of hydrogen-bond acceptors (Lipinski definition) is 5. The molecule has 3 aromatic rings. The van der Waals surface area contributed by atoms with Crippen LogP contribution in [0.1, 0.15) is 15.9 Å². The quantitative estimate of drug-likeness (QED) is 0.723. The van der Waals surface area contributed by atoms with Crippen molar-refractivity contribution in [2.75, 3.05) is 14.2 Å². The maximum Gasteiger partial charge on any atom is 0.349 e. The van der Waals surface area contributed by atoms with E-state index in [9.17, 15) is 9.59 Å².